The largest absolute Gasteiger partial charge is 0.371 e. The van der Waals surface area contributed by atoms with E-state index in [-0.39, 0.29) is 6.10 Å². The highest BCUT2D eigenvalue weighted by Gasteiger charge is 2.24. The lowest BCUT2D eigenvalue weighted by molar-refractivity contribution is -0.131. The summed E-state index contributed by atoms with van der Waals surface area (Å²) < 4.78 is 5.21. The first-order chi connectivity index (χ1) is 5.20. The van der Waals surface area contributed by atoms with Crippen molar-refractivity contribution in [3.8, 4) is 0 Å². The first-order valence-corrected chi connectivity index (χ1v) is 4.34. The number of rotatable bonds is 4. The van der Waals surface area contributed by atoms with Gasteiger partial charge < -0.3 is 4.74 Å². The van der Waals surface area contributed by atoms with E-state index in [9.17, 15) is 4.79 Å². The van der Waals surface area contributed by atoms with E-state index in [0.717, 1.165) is 12.8 Å². The molecule has 0 atom stereocenters. The van der Waals surface area contributed by atoms with Crippen LogP contribution in [0.3, 0.4) is 0 Å². The van der Waals surface area contributed by atoms with E-state index in [1.54, 1.807) is 0 Å². The third kappa shape index (κ3) is 2.62. The van der Waals surface area contributed by atoms with Crippen molar-refractivity contribution in [2.75, 3.05) is 6.61 Å². The summed E-state index contributed by atoms with van der Waals surface area (Å²) in [6.45, 7) is 4.23. The summed E-state index contributed by atoms with van der Waals surface area (Å²) in [7, 11) is 0. The molecule has 2 nitrogen and oxygen atoms in total. The number of ketones is 1. The Bertz CT molecular complexity index is 136. The quantitative estimate of drug-likeness (QED) is 0.620. The third-order valence-corrected chi connectivity index (χ3v) is 2.12. The van der Waals surface area contributed by atoms with Gasteiger partial charge in [0.1, 0.15) is 6.61 Å². The molecule has 0 saturated heterocycles. The van der Waals surface area contributed by atoms with Crippen LogP contribution < -0.4 is 0 Å². The number of hydrogen-bond acceptors (Lipinski definition) is 2. The molecular formula is C9H16O2. The summed E-state index contributed by atoms with van der Waals surface area (Å²) in [6, 6.07) is 0. The fourth-order valence-corrected chi connectivity index (χ4v) is 1.10. The average molecular weight is 156 g/mol. The summed E-state index contributed by atoms with van der Waals surface area (Å²) in [5.74, 6) is 0.624. The molecule has 2 heteroatoms. The van der Waals surface area contributed by atoms with E-state index < -0.39 is 0 Å². The van der Waals surface area contributed by atoms with Crippen LogP contribution in [0.1, 0.15) is 33.1 Å². The zero-order chi connectivity index (χ0) is 8.27. The molecule has 0 aromatic rings. The Balaban J connectivity index is 2.10. The number of carbonyl (C=O) groups is 1. The second-order valence-electron chi connectivity index (χ2n) is 3.45. The van der Waals surface area contributed by atoms with Gasteiger partial charge in [-0.2, -0.15) is 0 Å². The molecule has 0 amide bonds. The minimum absolute atomic E-state index is 0.180. The molecule has 0 radical (unpaired) electrons. The second kappa shape index (κ2) is 3.86. The first kappa shape index (κ1) is 8.72. The van der Waals surface area contributed by atoms with Crippen LogP contribution in [0.15, 0.2) is 0 Å². The Hall–Kier alpha value is -0.370. The molecule has 11 heavy (non-hydrogen) atoms. The molecule has 0 aromatic heterocycles. The van der Waals surface area contributed by atoms with E-state index >= 15 is 0 Å². The van der Waals surface area contributed by atoms with E-state index in [0.29, 0.717) is 18.3 Å². The minimum atomic E-state index is 0.180. The monoisotopic (exact) mass is 156 g/mol. The molecule has 0 bridgehead atoms. The Morgan fingerprint density at radius 2 is 2.18 bits per heavy atom. The van der Waals surface area contributed by atoms with Gasteiger partial charge in [0.25, 0.3) is 0 Å². The van der Waals surface area contributed by atoms with Gasteiger partial charge in [-0.05, 0) is 26.7 Å². The topological polar surface area (TPSA) is 26.3 Å². The van der Waals surface area contributed by atoms with Crippen LogP contribution in [0.2, 0.25) is 0 Å². The zero-order valence-corrected chi connectivity index (χ0v) is 7.30. The fraction of sp³-hybridized carbons (Fsp3) is 0.889. The van der Waals surface area contributed by atoms with Crippen molar-refractivity contribution >= 4 is 5.78 Å². The SMILES string of the molecule is CC(C)OCC(=O)C1CCC1. The number of Topliss-reactive ketones (excluding diaryl/α,β-unsaturated/α-hetero) is 1. The van der Waals surface area contributed by atoms with Crippen molar-refractivity contribution in [2.24, 2.45) is 5.92 Å². The van der Waals surface area contributed by atoms with E-state index in [1.807, 2.05) is 13.8 Å². The highest BCUT2D eigenvalue weighted by Crippen LogP contribution is 2.27. The molecule has 1 fully saturated rings. The van der Waals surface area contributed by atoms with Crippen molar-refractivity contribution < 1.29 is 9.53 Å². The van der Waals surface area contributed by atoms with Crippen molar-refractivity contribution in [1.82, 2.24) is 0 Å². The summed E-state index contributed by atoms with van der Waals surface area (Å²) in [5.41, 5.74) is 0. The molecule has 64 valence electrons. The van der Waals surface area contributed by atoms with Gasteiger partial charge in [0.15, 0.2) is 5.78 Å². The summed E-state index contributed by atoms with van der Waals surface area (Å²) in [6.07, 6.45) is 3.57. The highest BCUT2D eigenvalue weighted by atomic mass is 16.5. The molecule has 0 N–H and O–H groups in total. The van der Waals surface area contributed by atoms with Crippen LogP contribution >= 0.6 is 0 Å². The molecule has 0 aliphatic heterocycles. The molecule has 1 aliphatic rings. The van der Waals surface area contributed by atoms with Gasteiger partial charge in [-0.1, -0.05) is 6.42 Å². The maximum absolute atomic E-state index is 11.2. The lowest BCUT2D eigenvalue weighted by Crippen LogP contribution is -2.26. The summed E-state index contributed by atoms with van der Waals surface area (Å²) >= 11 is 0. The third-order valence-electron chi connectivity index (χ3n) is 2.12. The number of hydrogen-bond donors (Lipinski definition) is 0. The number of ether oxygens (including phenoxy) is 1. The predicted molar refractivity (Wildman–Crippen MR) is 43.4 cm³/mol. The Morgan fingerprint density at radius 1 is 1.55 bits per heavy atom. The van der Waals surface area contributed by atoms with Gasteiger partial charge >= 0.3 is 0 Å². The average Bonchev–Trinajstić information content (AvgIpc) is 1.79. The van der Waals surface area contributed by atoms with Gasteiger partial charge in [0, 0.05) is 5.92 Å². The molecule has 0 spiro atoms. The zero-order valence-electron chi connectivity index (χ0n) is 7.30. The van der Waals surface area contributed by atoms with Crippen molar-refractivity contribution in [1.29, 1.82) is 0 Å². The molecule has 1 aliphatic carbocycles. The van der Waals surface area contributed by atoms with Gasteiger partial charge in [0.05, 0.1) is 6.10 Å². The van der Waals surface area contributed by atoms with E-state index in [2.05, 4.69) is 0 Å². The molecule has 0 unspecified atom stereocenters. The lowest BCUT2D eigenvalue weighted by atomic mass is 9.82. The fourth-order valence-electron chi connectivity index (χ4n) is 1.10. The lowest BCUT2D eigenvalue weighted by Gasteiger charge is -2.23. The van der Waals surface area contributed by atoms with Crippen LogP contribution in [-0.2, 0) is 9.53 Å². The van der Waals surface area contributed by atoms with Gasteiger partial charge in [-0.15, -0.1) is 0 Å². The van der Waals surface area contributed by atoms with Crippen LogP contribution in [0.4, 0.5) is 0 Å². The molecule has 1 saturated carbocycles. The van der Waals surface area contributed by atoms with Crippen molar-refractivity contribution in [3.05, 3.63) is 0 Å². The maximum atomic E-state index is 11.2. The smallest absolute Gasteiger partial charge is 0.161 e. The van der Waals surface area contributed by atoms with Gasteiger partial charge in [0.2, 0.25) is 0 Å². The Labute approximate surface area is 67.9 Å². The van der Waals surface area contributed by atoms with Gasteiger partial charge in [-0.3, -0.25) is 4.79 Å². The molecular weight excluding hydrogens is 140 g/mol. The summed E-state index contributed by atoms with van der Waals surface area (Å²) in [5, 5.41) is 0. The van der Waals surface area contributed by atoms with Crippen LogP contribution in [0.25, 0.3) is 0 Å². The van der Waals surface area contributed by atoms with Crippen LogP contribution in [0, 0.1) is 5.92 Å². The standard InChI is InChI=1S/C9H16O2/c1-7(2)11-6-9(10)8-4-3-5-8/h7-8H,3-6H2,1-2H3. The van der Waals surface area contributed by atoms with Gasteiger partial charge in [-0.25, -0.2) is 0 Å². The van der Waals surface area contributed by atoms with Crippen molar-refractivity contribution in [2.45, 2.75) is 39.2 Å². The first-order valence-electron chi connectivity index (χ1n) is 4.34. The molecule has 1 rings (SSSR count). The second-order valence-corrected chi connectivity index (χ2v) is 3.45. The predicted octanol–water partition coefficient (Wildman–Crippen LogP) is 1.78. The summed E-state index contributed by atoms with van der Waals surface area (Å²) in [4.78, 5) is 11.2. The number of carbonyl (C=O) groups excluding carboxylic acids is 1. The normalized spacial score (nSPS) is 18.5. The van der Waals surface area contributed by atoms with E-state index in [4.69, 9.17) is 4.74 Å². The highest BCUT2D eigenvalue weighted by molar-refractivity contribution is 5.82. The van der Waals surface area contributed by atoms with E-state index in [1.165, 1.54) is 6.42 Å². The Morgan fingerprint density at radius 3 is 2.55 bits per heavy atom. The van der Waals surface area contributed by atoms with Crippen molar-refractivity contribution in [3.63, 3.8) is 0 Å². The van der Waals surface area contributed by atoms with Crippen LogP contribution in [0.5, 0.6) is 0 Å². The maximum Gasteiger partial charge on any atom is 0.161 e. The van der Waals surface area contributed by atoms with Crippen LogP contribution in [-0.4, -0.2) is 18.5 Å². The molecule has 0 heterocycles. The Kier molecular flexibility index (Phi) is 3.06. The molecule has 0 aromatic carbocycles. The minimum Gasteiger partial charge on any atom is -0.371 e.